The van der Waals surface area contributed by atoms with Gasteiger partial charge >= 0.3 is 0 Å². The molecule has 0 aromatic rings. The molecule has 0 aromatic heterocycles. The van der Waals surface area contributed by atoms with E-state index in [2.05, 4.69) is 54.5 Å². The molecule has 0 heteroatoms. The largest absolute Gasteiger partial charge is 0.0853 e. The Kier molecular flexibility index (Phi) is 6.24. The average molecular weight is 210 g/mol. The van der Waals surface area contributed by atoms with Crippen molar-refractivity contribution in [2.24, 2.45) is 17.3 Å². The number of allylic oxidation sites excluding steroid dienone is 2. The van der Waals surface area contributed by atoms with Crippen LogP contribution >= 0.6 is 0 Å². The topological polar surface area (TPSA) is 0 Å². The maximum Gasteiger partial charge on any atom is -0.0160 e. The van der Waals surface area contributed by atoms with Gasteiger partial charge in [-0.15, -0.1) is 0 Å². The van der Waals surface area contributed by atoms with Crippen molar-refractivity contribution in [2.45, 2.75) is 67.7 Å². The number of hydrogen-bond donors (Lipinski definition) is 0. The predicted molar refractivity (Wildman–Crippen MR) is 71.1 cm³/mol. The van der Waals surface area contributed by atoms with E-state index in [1.165, 1.54) is 19.3 Å². The summed E-state index contributed by atoms with van der Waals surface area (Å²) in [6.45, 7) is 16.2. The van der Waals surface area contributed by atoms with Crippen LogP contribution in [0, 0.1) is 17.3 Å². The maximum absolute atomic E-state index is 2.46. The normalized spacial score (nSPS) is 15.9. The Morgan fingerprint density at radius 1 is 1.20 bits per heavy atom. The van der Waals surface area contributed by atoms with E-state index in [0.29, 0.717) is 5.41 Å². The first-order valence-electron chi connectivity index (χ1n) is 6.45. The van der Waals surface area contributed by atoms with Crippen LogP contribution in [-0.2, 0) is 0 Å². The second-order valence-electron chi connectivity index (χ2n) is 6.25. The lowest BCUT2D eigenvalue weighted by Crippen LogP contribution is -2.20. The van der Waals surface area contributed by atoms with Crippen molar-refractivity contribution >= 4 is 0 Å². The van der Waals surface area contributed by atoms with Crippen molar-refractivity contribution < 1.29 is 0 Å². The van der Waals surface area contributed by atoms with E-state index in [-0.39, 0.29) is 0 Å². The second-order valence-corrected chi connectivity index (χ2v) is 6.25. The summed E-state index contributed by atoms with van der Waals surface area (Å²) in [6, 6.07) is 0. The molecule has 1 unspecified atom stereocenters. The summed E-state index contributed by atoms with van der Waals surface area (Å²) in [5.41, 5.74) is 2.00. The lowest BCUT2D eigenvalue weighted by Gasteiger charge is -2.31. The van der Waals surface area contributed by atoms with Crippen LogP contribution in [0.15, 0.2) is 11.6 Å². The number of hydrogen-bond acceptors (Lipinski definition) is 0. The molecular formula is C15H30. The van der Waals surface area contributed by atoms with Gasteiger partial charge < -0.3 is 0 Å². The van der Waals surface area contributed by atoms with Crippen LogP contribution < -0.4 is 0 Å². The summed E-state index contributed by atoms with van der Waals surface area (Å²) in [7, 11) is 0. The van der Waals surface area contributed by atoms with E-state index in [1.807, 2.05) is 0 Å². The molecule has 0 aromatic carbocycles. The Labute approximate surface area is 97.2 Å². The predicted octanol–water partition coefficient (Wildman–Crippen LogP) is 5.44. The molecular weight excluding hydrogens is 180 g/mol. The summed E-state index contributed by atoms with van der Waals surface area (Å²) >= 11 is 0. The van der Waals surface area contributed by atoms with E-state index >= 15 is 0 Å². The minimum atomic E-state index is 0.410. The van der Waals surface area contributed by atoms with Gasteiger partial charge in [-0.1, -0.05) is 53.2 Å². The summed E-state index contributed by atoms with van der Waals surface area (Å²) in [4.78, 5) is 0. The van der Waals surface area contributed by atoms with Gasteiger partial charge in [0.2, 0.25) is 0 Å². The molecule has 1 atom stereocenters. The van der Waals surface area contributed by atoms with Crippen molar-refractivity contribution in [3.05, 3.63) is 11.6 Å². The van der Waals surface area contributed by atoms with Gasteiger partial charge in [0.15, 0.2) is 0 Å². The molecule has 0 aliphatic heterocycles. The van der Waals surface area contributed by atoms with Gasteiger partial charge in [0.25, 0.3) is 0 Å². The van der Waals surface area contributed by atoms with Crippen LogP contribution in [-0.4, -0.2) is 0 Å². The fourth-order valence-electron chi connectivity index (χ4n) is 2.40. The molecule has 0 N–H and O–H groups in total. The highest BCUT2D eigenvalue weighted by atomic mass is 14.3. The first-order valence-corrected chi connectivity index (χ1v) is 6.45. The molecule has 0 nitrogen and oxygen atoms in total. The van der Waals surface area contributed by atoms with E-state index in [4.69, 9.17) is 0 Å². The third-order valence-corrected chi connectivity index (χ3v) is 3.21. The summed E-state index contributed by atoms with van der Waals surface area (Å²) < 4.78 is 0. The van der Waals surface area contributed by atoms with Gasteiger partial charge in [-0.05, 0) is 43.4 Å². The molecule has 0 heterocycles. The van der Waals surface area contributed by atoms with Crippen LogP contribution in [0.5, 0.6) is 0 Å². The molecule has 0 aliphatic carbocycles. The SMILES string of the molecule is CCC(/C(C)=C\CCC(C)C)C(C)(C)C. The fraction of sp³-hybridized carbons (Fsp3) is 0.867. The molecule has 0 radical (unpaired) electrons. The van der Waals surface area contributed by atoms with Crippen molar-refractivity contribution in [3.8, 4) is 0 Å². The second kappa shape index (κ2) is 6.35. The molecule has 0 bridgehead atoms. The Bertz CT molecular complexity index is 191. The van der Waals surface area contributed by atoms with Crippen LogP contribution in [0.4, 0.5) is 0 Å². The molecule has 90 valence electrons. The van der Waals surface area contributed by atoms with Crippen molar-refractivity contribution in [1.29, 1.82) is 0 Å². The number of rotatable bonds is 5. The van der Waals surface area contributed by atoms with Crippen LogP contribution in [0.1, 0.15) is 67.7 Å². The molecule has 0 aliphatic rings. The molecule has 0 saturated carbocycles. The molecule has 0 spiro atoms. The van der Waals surface area contributed by atoms with Crippen LogP contribution in [0.25, 0.3) is 0 Å². The first-order chi connectivity index (χ1) is 6.79. The zero-order chi connectivity index (χ0) is 12.1. The van der Waals surface area contributed by atoms with Gasteiger partial charge in [-0.3, -0.25) is 0 Å². The van der Waals surface area contributed by atoms with Crippen LogP contribution in [0.3, 0.4) is 0 Å². The molecule has 0 saturated heterocycles. The maximum atomic E-state index is 2.46. The van der Waals surface area contributed by atoms with E-state index < -0.39 is 0 Å². The Hall–Kier alpha value is -0.260. The highest BCUT2D eigenvalue weighted by Gasteiger charge is 2.23. The highest BCUT2D eigenvalue weighted by Crippen LogP contribution is 2.34. The lowest BCUT2D eigenvalue weighted by molar-refractivity contribution is 0.271. The highest BCUT2D eigenvalue weighted by molar-refractivity contribution is 5.06. The standard InChI is InChI=1S/C15H30/c1-8-14(15(5,6)7)13(4)11-9-10-12(2)3/h11-12,14H,8-10H2,1-7H3/b13-11-. The molecule has 0 rings (SSSR count). The zero-order valence-corrected chi connectivity index (χ0v) is 11.9. The minimum absolute atomic E-state index is 0.410. The molecule has 0 fully saturated rings. The van der Waals surface area contributed by atoms with E-state index in [1.54, 1.807) is 5.57 Å². The first kappa shape index (κ1) is 14.7. The smallest absolute Gasteiger partial charge is 0.0160 e. The van der Waals surface area contributed by atoms with E-state index in [0.717, 1.165) is 11.8 Å². The van der Waals surface area contributed by atoms with Crippen molar-refractivity contribution in [1.82, 2.24) is 0 Å². The molecule has 0 amide bonds. The third kappa shape index (κ3) is 6.02. The fourth-order valence-corrected chi connectivity index (χ4v) is 2.40. The quantitative estimate of drug-likeness (QED) is 0.530. The van der Waals surface area contributed by atoms with Crippen LogP contribution in [0.2, 0.25) is 0 Å². The van der Waals surface area contributed by atoms with Gasteiger partial charge in [0.1, 0.15) is 0 Å². The summed E-state index contributed by atoms with van der Waals surface area (Å²) in [6.07, 6.45) is 6.28. The summed E-state index contributed by atoms with van der Waals surface area (Å²) in [5.74, 6) is 1.56. The molecule has 15 heavy (non-hydrogen) atoms. The monoisotopic (exact) mass is 210 g/mol. The Morgan fingerprint density at radius 3 is 2.07 bits per heavy atom. The van der Waals surface area contributed by atoms with Gasteiger partial charge in [-0.25, -0.2) is 0 Å². The van der Waals surface area contributed by atoms with Crippen molar-refractivity contribution in [2.75, 3.05) is 0 Å². The minimum Gasteiger partial charge on any atom is -0.0853 e. The Balaban J connectivity index is 4.32. The summed E-state index contributed by atoms with van der Waals surface area (Å²) in [5, 5.41) is 0. The van der Waals surface area contributed by atoms with Gasteiger partial charge in [0, 0.05) is 0 Å². The lowest BCUT2D eigenvalue weighted by atomic mass is 9.75. The average Bonchev–Trinajstić information content (AvgIpc) is 2.01. The Morgan fingerprint density at radius 2 is 1.73 bits per heavy atom. The zero-order valence-electron chi connectivity index (χ0n) is 11.9. The van der Waals surface area contributed by atoms with Gasteiger partial charge in [-0.2, -0.15) is 0 Å². The van der Waals surface area contributed by atoms with Crippen molar-refractivity contribution in [3.63, 3.8) is 0 Å². The third-order valence-electron chi connectivity index (χ3n) is 3.21. The van der Waals surface area contributed by atoms with Gasteiger partial charge in [0.05, 0.1) is 0 Å². The van der Waals surface area contributed by atoms with E-state index in [9.17, 15) is 0 Å².